The number of non-ortho nitro benzene ring substituents is 1. The summed E-state index contributed by atoms with van der Waals surface area (Å²) >= 11 is 5.03. The fraction of sp³-hybridized carbons (Fsp3) is 0.182. The highest BCUT2D eigenvalue weighted by Crippen LogP contribution is 2.17. The standard InChI is InChI=1S/C11H11N3O4S2/c15-14(16)10-3-1-2-8(6-10)12-11(19)13-9-4-5-20(17,18)7-9/h1-4,6H,5,7H2,(H2,12,13,19). The highest BCUT2D eigenvalue weighted by Gasteiger charge is 2.20. The van der Waals surface area contributed by atoms with E-state index in [9.17, 15) is 18.5 Å². The van der Waals surface area contributed by atoms with Crippen molar-refractivity contribution in [1.82, 2.24) is 5.32 Å². The second kappa shape index (κ2) is 5.55. The maximum absolute atomic E-state index is 11.3. The molecule has 0 amide bonds. The molecule has 0 atom stereocenters. The first kappa shape index (κ1) is 14.4. The number of nitrogens with one attached hydrogen (secondary N) is 2. The molecule has 1 aliphatic rings. The third kappa shape index (κ3) is 3.75. The minimum atomic E-state index is -3.06. The van der Waals surface area contributed by atoms with Crippen LogP contribution in [0, 0.1) is 10.1 Å². The molecule has 0 aromatic heterocycles. The van der Waals surface area contributed by atoms with E-state index in [2.05, 4.69) is 10.6 Å². The third-order valence-electron chi connectivity index (χ3n) is 2.55. The number of anilines is 1. The lowest BCUT2D eigenvalue weighted by Gasteiger charge is -2.10. The number of sulfone groups is 1. The monoisotopic (exact) mass is 313 g/mol. The first-order valence-electron chi connectivity index (χ1n) is 5.58. The summed E-state index contributed by atoms with van der Waals surface area (Å²) in [6.07, 6.45) is 1.55. The maximum atomic E-state index is 11.3. The molecule has 0 bridgehead atoms. The Kier molecular flexibility index (Phi) is 4.00. The Labute approximate surface area is 120 Å². The van der Waals surface area contributed by atoms with Gasteiger partial charge in [0.1, 0.15) is 0 Å². The van der Waals surface area contributed by atoms with Crippen molar-refractivity contribution in [2.45, 2.75) is 0 Å². The lowest BCUT2D eigenvalue weighted by atomic mass is 10.3. The van der Waals surface area contributed by atoms with Crippen molar-refractivity contribution in [3.8, 4) is 0 Å². The summed E-state index contributed by atoms with van der Waals surface area (Å²) in [7, 11) is -3.06. The van der Waals surface area contributed by atoms with Gasteiger partial charge in [-0.05, 0) is 24.4 Å². The van der Waals surface area contributed by atoms with Crippen LogP contribution in [0.5, 0.6) is 0 Å². The van der Waals surface area contributed by atoms with Crippen molar-refractivity contribution in [2.24, 2.45) is 0 Å². The largest absolute Gasteiger partial charge is 0.335 e. The summed E-state index contributed by atoms with van der Waals surface area (Å²) in [5.74, 6) is -0.0848. The van der Waals surface area contributed by atoms with Crippen molar-refractivity contribution in [3.05, 3.63) is 46.2 Å². The van der Waals surface area contributed by atoms with Crippen LogP contribution in [0.1, 0.15) is 0 Å². The minimum Gasteiger partial charge on any atom is -0.335 e. The minimum absolute atomic E-state index is 0.00520. The molecule has 0 saturated heterocycles. The first-order chi connectivity index (χ1) is 9.35. The van der Waals surface area contributed by atoms with Gasteiger partial charge in [0, 0.05) is 23.5 Å². The number of hydrogen-bond donors (Lipinski definition) is 2. The zero-order chi connectivity index (χ0) is 14.8. The molecular weight excluding hydrogens is 302 g/mol. The zero-order valence-electron chi connectivity index (χ0n) is 10.2. The molecule has 7 nitrogen and oxygen atoms in total. The molecule has 1 aromatic rings. The number of rotatable bonds is 3. The van der Waals surface area contributed by atoms with Gasteiger partial charge < -0.3 is 10.6 Å². The van der Waals surface area contributed by atoms with E-state index in [1.165, 1.54) is 18.2 Å². The molecule has 20 heavy (non-hydrogen) atoms. The Morgan fingerprint density at radius 1 is 1.35 bits per heavy atom. The average molecular weight is 313 g/mol. The molecule has 9 heteroatoms. The highest BCUT2D eigenvalue weighted by molar-refractivity contribution is 7.92. The molecule has 0 aliphatic carbocycles. The fourth-order valence-corrected chi connectivity index (χ4v) is 3.16. The second-order valence-corrected chi connectivity index (χ2v) is 6.69. The molecule has 0 unspecified atom stereocenters. The Morgan fingerprint density at radius 3 is 2.70 bits per heavy atom. The number of benzene rings is 1. The average Bonchev–Trinajstić information content (AvgIpc) is 2.68. The molecule has 1 aromatic carbocycles. The van der Waals surface area contributed by atoms with Crippen molar-refractivity contribution < 1.29 is 13.3 Å². The lowest BCUT2D eigenvalue weighted by molar-refractivity contribution is -0.384. The fourth-order valence-electron chi connectivity index (χ4n) is 1.67. The Hall–Kier alpha value is -2.00. The molecular formula is C11H11N3O4S2. The van der Waals surface area contributed by atoms with Gasteiger partial charge in [0.25, 0.3) is 5.69 Å². The smallest absolute Gasteiger partial charge is 0.271 e. The molecule has 1 aliphatic heterocycles. The van der Waals surface area contributed by atoms with Crippen LogP contribution < -0.4 is 10.6 Å². The molecule has 0 fully saturated rings. The van der Waals surface area contributed by atoms with Gasteiger partial charge in [-0.15, -0.1) is 0 Å². The first-order valence-corrected chi connectivity index (χ1v) is 7.81. The summed E-state index contributed by atoms with van der Waals surface area (Å²) in [4.78, 5) is 10.1. The van der Waals surface area contributed by atoms with Crippen molar-refractivity contribution in [2.75, 3.05) is 16.8 Å². The van der Waals surface area contributed by atoms with Gasteiger partial charge in [0.2, 0.25) is 0 Å². The Bertz CT molecular complexity index is 697. The van der Waals surface area contributed by atoms with Crippen molar-refractivity contribution in [1.29, 1.82) is 0 Å². The number of hydrogen-bond acceptors (Lipinski definition) is 5. The molecule has 2 rings (SSSR count). The van der Waals surface area contributed by atoms with E-state index in [1.54, 1.807) is 12.1 Å². The van der Waals surface area contributed by atoms with E-state index >= 15 is 0 Å². The van der Waals surface area contributed by atoms with E-state index in [1.807, 2.05) is 0 Å². The molecule has 0 radical (unpaired) electrons. The van der Waals surface area contributed by atoms with Gasteiger partial charge in [0.05, 0.1) is 16.4 Å². The molecule has 106 valence electrons. The topological polar surface area (TPSA) is 101 Å². The van der Waals surface area contributed by atoms with Gasteiger partial charge in [-0.1, -0.05) is 6.07 Å². The normalized spacial score (nSPS) is 16.3. The van der Waals surface area contributed by atoms with Crippen molar-refractivity contribution in [3.63, 3.8) is 0 Å². The number of nitro groups is 1. The molecule has 0 saturated carbocycles. The van der Waals surface area contributed by atoms with E-state index in [0.29, 0.717) is 11.4 Å². The molecule has 1 heterocycles. The van der Waals surface area contributed by atoms with Crippen molar-refractivity contribution >= 4 is 38.5 Å². The maximum Gasteiger partial charge on any atom is 0.271 e. The van der Waals surface area contributed by atoms with Crippen LogP contribution in [0.15, 0.2) is 36.0 Å². The van der Waals surface area contributed by atoms with Gasteiger partial charge in [-0.3, -0.25) is 10.1 Å². The predicted molar refractivity (Wildman–Crippen MR) is 79.2 cm³/mol. The van der Waals surface area contributed by atoms with Gasteiger partial charge in [-0.25, -0.2) is 8.42 Å². The third-order valence-corrected chi connectivity index (χ3v) is 4.18. The summed E-state index contributed by atoms with van der Waals surface area (Å²) < 4.78 is 22.5. The van der Waals surface area contributed by atoms with Crippen LogP contribution in [0.3, 0.4) is 0 Å². The van der Waals surface area contributed by atoms with Gasteiger partial charge in [-0.2, -0.15) is 0 Å². The van der Waals surface area contributed by atoms with Crippen LogP contribution >= 0.6 is 12.2 Å². The van der Waals surface area contributed by atoms with Crippen LogP contribution in [0.25, 0.3) is 0 Å². The van der Waals surface area contributed by atoms with E-state index in [-0.39, 0.29) is 22.3 Å². The van der Waals surface area contributed by atoms with Crippen LogP contribution in [0.2, 0.25) is 0 Å². The number of nitrogens with zero attached hydrogens (tertiary/aromatic N) is 1. The summed E-state index contributed by atoms with van der Waals surface area (Å²) in [5.41, 5.74) is 0.909. The number of nitro benzene ring substituents is 1. The molecule has 0 spiro atoms. The van der Waals surface area contributed by atoms with Gasteiger partial charge in [0.15, 0.2) is 14.9 Å². The highest BCUT2D eigenvalue weighted by atomic mass is 32.2. The SMILES string of the molecule is O=[N+]([O-])c1cccc(NC(=S)NC2=CCS(=O)(=O)C2)c1. The Balaban J connectivity index is 1.99. The van der Waals surface area contributed by atoms with E-state index in [4.69, 9.17) is 12.2 Å². The summed E-state index contributed by atoms with van der Waals surface area (Å²) in [5, 5.41) is 16.4. The lowest BCUT2D eigenvalue weighted by Crippen LogP contribution is -2.29. The predicted octanol–water partition coefficient (Wildman–Crippen LogP) is 1.19. The van der Waals surface area contributed by atoms with Crippen LogP contribution in [-0.4, -0.2) is 30.0 Å². The summed E-state index contributed by atoms with van der Waals surface area (Å²) in [6, 6.07) is 5.87. The molecule has 2 N–H and O–H groups in total. The quantitative estimate of drug-likeness (QED) is 0.491. The van der Waals surface area contributed by atoms with Crippen LogP contribution in [0.4, 0.5) is 11.4 Å². The van der Waals surface area contributed by atoms with E-state index < -0.39 is 14.8 Å². The number of thiocarbonyl (C=S) groups is 1. The van der Waals surface area contributed by atoms with Crippen LogP contribution in [-0.2, 0) is 9.84 Å². The second-order valence-electron chi connectivity index (χ2n) is 4.17. The van der Waals surface area contributed by atoms with Gasteiger partial charge >= 0.3 is 0 Å². The zero-order valence-corrected chi connectivity index (χ0v) is 11.8. The van der Waals surface area contributed by atoms with E-state index in [0.717, 1.165) is 0 Å². The summed E-state index contributed by atoms with van der Waals surface area (Å²) in [6.45, 7) is 0. The Morgan fingerprint density at radius 2 is 2.10 bits per heavy atom.